The van der Waals surface area contributed by atoms with Crippen LogP contribution in [0.15, 0.2) is 18.7 Å². The number of esters is 2. The normalized spacial score (nSPS) is 13.2. The molecule has 0 saturated carbocycles. The molecule has 57 heavy (non-hydrogen) atoms. The van der Waals surface area contributed by atoms with Gasteiger partial charge in [-0.3, -0.25) is 14.5 Å². The van der Waals surface area contributed by atoms with Gasteiger partial charge in [0.1, 0.15) is 0 Å². The summed E-state index contributed by atoms with van der Waals surface area (Å²) in [6, 6.07) is 0. The van der Waals surface area contributed by atoms with Crippen LogP contribution >= 0.6 is 0 Å². The summed E-state index contributed by atoms with van der Waals surface area (Å²) in [5, 5.41) is 11.0. The molecule has 0 bridgehead atoms. The lowest BCUT2D eigenvalue weighted by molar-refractivity contribution is -0.145. The summed E-state index contributed by atoms with van der Waals surface area (Å²) in [6.07, 6.45) is 40.3. The fourth-order valence-electron chi connectivity index (χ4n) is 8.10. The Morgan fingerprint density at radius 2 is 1.00 bits per heavy atom. The van der Waals surface area contributed by atoms with E-state index in [-0.39, 0.29) is 11.9 Å². The number of rotatable bonds is 43. The molecule has 3 atom stereocenters. The minimum Gasteiger partial charge on any atom is -0.466 e. The predicted octanol–water partition coefficient (Wildman–Crippen LogP) is 13.0. The van der Waals surface area contributed by atoms with Crippen molar-refractivity contribution in [3.63, 3.8) is 0 Å². The second-order valence-electron chi connectivity index (χ2n) is 17.3. The van der Waals surface area contributed by atoms with Gasteiger partial charge in [-0.15, -0.1) is 0 Å². The molecule has 3 unspecified atom stereocenters. The Bertz CT molecular complexity index is 1010. The van der Waals surface area contributed by atoms with Gasteiger partial charge in [0.2, 0.25) is 0 Å². The lowest BCUT2D eigenvalue weighted by Gasteiger charge is -2.25. The average Bonchev–Trinajstić information content (AvgIpc) is 3.73. The number of nitrogens with zero attached hydrogens (tertiary/aromatic N) is 3. The summed E-state index contributed by atoms with van der Waals surface area (Å²) < 4.78 is 13.4. The van der Waals surface area contributed by atoms with Gasteiger partial charge in [0.15, 0.2) is 0 Å². The van der Waals surface area contributed by atoms with Crippen LogP contribution in [0, 0.1) is 11.8 Å². The van der Waals surface area contributed by atoms with Gasteiger partial charge in [-0.25, -0.2) is 4.98 Å². The largest absolute Gasteiger partial charge is 0.466 e. The van der Waals surface area contributed by atoms with Crippen LogP contribution in [0.4, 0.5) is 0 Å². The standard InChI is InChI=1S/C49H93N3O5/c1-5-9-13-15-21-29-45(27-19-11-7-3)34-41-56-48(54)32-23-17-18-26-37-51(39-40-52-38-36-50-44-52)43-47(53)31-24-25-33-49(55)57-42-35-46(28-20-12-8-4)30-22-16-14-10-6-2/h36,38,44-47,53H,5-35,37,39-43H2,1-4H3. The maximum absolute atomic E-state index is 12.5. The van der Waals surface area contributed by atoms with Crippen molar-refractivity contribution in [2.45, 2.75) is 239 Å². The van der Waals surface area contributed by atoms with Gasteiger partial charge >= 0.3 is 11.9 Å². The van der Waals surface area contributed by atoms with Gasteiger partial charge in [-0.05, 0) is 56.9 Å². The number of carbonyl (C=O) groups excluding carboxylic acids is 2. The third-order valence-corrected chi connectivity index (χ3v) is 11.9. The molecule has 1 N–H and O–H groups in total. The molecule has 1 heterocycles. The van der Waals surface area contributed by atoms with Gasteiger partial charge in [-0.2, -0.15) is 0 Å². The van der Waals surface area contributed by atoms with Crippen molar-refractivity contribution in [1.29, 1.82) is 0 Å². The first-order valence-corrected chi connectivity index (χ1v) is 24.6. The molecule has 0 radical (unpaired) electrons. The third kappa shape index (κ3) is 33.6. The summed E-state index contributed by atoms with van der Waals surface area (Å²) in [4.78, 5) is 31.5. The molecule has 0 amide bonds. The van der Waals surface area contributed by atoms with Crippen LogP contribution in [0.1, 0.15) is 227 Å². The molecule has 1 aromatic rings. The number of ether oxygens (including phenoxy) is 2. The van der Waals surface area contributed by atoms with E-state index in [2.05, 4.69) is 42.1 Å². The molecule has 0 aliphatic rings. The zero-order valence-corrected chi connectivity index (χ0v) is 38.0. The van der Waals surface area contributed by atoms with Crippen LogP contribution in [-0.4, -0.2) is 70.4 Å². The van der Waals surface area contributed by atoms with E-state index in [4.69, 9.17) is 9.47 Å². The minimum absolute atomic E-state index is 0.0430. The Morgan fingerprint density at radius 3 is 1.51 bits per heavy atom. The zero-order chi connectivity index (χ0) is 41.4. The fourth-order valence-corrected chi connectivity index (χ4v) is 8.10. The van der Waals surface area contributed by atoms with Crippen molar-refractivity contribution >= 4 is 11.9 Å². The van der Waals surface area contributed by atoms with Crippen molar-refractivity contribution in [3.05, 3.63) is 18.7 Å². The van der Waals surface area contributed by atoms with Crippen LogP contribution in [0.3, 0.4) is 0 Å². The Kier molecular flexibility index (Phi) is 36.8. The summed E-state index contributed by atoms with van der Waals surface area (Å²) in [5.74, 6) is 1.22. The summed E-state index contributed by atoms with van der Waals surface area (Å²) in [6.45, 7) is 13.4. The Labute approximate surface area is 352 Å². The number of imidazole rings is 1. The highest BCUT2D eigenvalue weighted by Gasteiger charge is 2.15. The average molecular weight is 804 g/mol. The van der Waals surface area contributed by atoms with E-state index in [1.807, 2.05) is 12.5 Å². The number of carbonyl (C=O) groups is 2. The summed E-state index contributed by atoms with van der Waals surface area (Å²) in [7, 11) is 0. The zero-order valence-electron chi connectivity index (χ0n) is 38.0. The topological polar surface area (TPSA) is 93.9 Å². The number of aromatic nitrogens is 2. The van der Waals surface area contributed by atoms with E-state index in [1.54, 1.807) is 6.20 Å². The Morgan fingerprint density at radius 1 is 0.561 bits per heavy atom. The first-order valence-electron chi connectivity index (χ1n) is 24.6. The molecule has 0 aliphatic heterocycles. The number of aliphatic hydroxyl groups excluding tert-OH is 1. The van der Waals surface area contributed by atoms with Crippen molar-refractivity contribution < 1.29 is 24.2 Å². The monoisotopic (exact) mass is 804 g/mol. The van der Waals surface area contributed by atoms with Gasteiger partial charge in [0, 0.05) is 44.9 Å². The summed E-state index contributed by atoms with van der Waals surface area (Å²) in [5.41, 5.74) is 0. The molecular formula is C49H93N3O5. The molecule has 1 aromatic heterocycles. The van der Waals surface area contributed by atoms with Gasteiger partial charge in [0.05, 0.1) is 25.6 Å². The highest BCUT2D eigenvalue weighted by molar-refractivity contribution is 5.69. The lowest BCUT2D eigenvalue weighted by atomic mass is 9.92. The van der Waals surface area contributed by atoms with Gasteiger partial charge < -0.3 is 19.1 Å². The first-order chi connectivity index (χ1) is 27.9. The molecular weight excluding hydrogens is 711 g/mol. The van der Waals surface area contributed by atoms with Crippen LogP contribution in [0.25, 0.3) is 0 Å². The van der Waals surface area contributed by atoms with Crippen LogP contribution in [-0.2, 0) is 25.6 Å². The number of unbranched alkanes of at least 4 members (excludes halogenated alkanes) is 16. The molecule has 0 saturated heterocycles. The van der Waals surface area contributed by atoms with Crippen molar-refractivity contribution in [3.8, 4) is 0 Å². The van der Waals surface area contributed by atoms with Crippen LogP contribution in [0.5, 0.6) is 0 Å². The SMILES string of the molecule is CCCCCCCC(CCCCC)CCOC(=O)CCCCCCN(CCn1ccnc1)CC(O)CCCCC(=O)OCCC(CCCCC)CCCCCCC. The number of aliphatic hydroxyl groups is 1. The second-order valence-corrected chi connectivity index (χ2v) is 17.3. The fraction of sp³-hybridized carbons (Fsp3) is 0.898. The number of hydrogen-bond acceptors (Lipinski definition) is 7. The van der Waals surface area contributed by atoms with Crippen molar-refractivity contribution in [2.75, 3.05) is 32.8 Å². The minimum atomic E-state index is -0.424. The van der Waals surface area contributed by atoms with E-state index < -0.39 is 6.10 Å². The first kappa shape index (κ1) is 53.1. The molecule has 334 valence electrons. The summed E-state index contributed by atoms with van der Waals surface area (Å²) >= 11 is 0. The third-order valence-electron chi connectivity index (χ3n) is 11.9. The maximum atomic E-state index is 12.5. The molecule has 1 rings (SSSR count). The quantitative estimate of drug-likeness (QED) is 0.0519. The van der Waals surface area contributed by atoms with Gasteiger partial charge in [-0.1, -0.05) is 175 Å². The van der Waals surface area contributed by atoms with Gasteiger partial charge in [0.25, 0.3) is 0 Å². The molecule has 0 aliphatic carbocycles. The van der Waals surface area contributed by atoms with Crippen molar-refractivity contribution in [2.24, 2.45) is 11.8 Å². The highest BCUT2D eigenvalue weighted by Crippen LogP contribution is 2.23. The molecule has 0 fully saturated rings. The van der Waals surface area contributed by atoms with Crippen molar-refractivity contribution in [1.82, 2.24) is 14.5 Å². The van der Waals surface area contributed by atoms with E-state index in [0.29, 0.717) is 50.9 Å². The van der Waals surface area contributed by atoms with Crippen LogP contribution < -0.4 is 0 Å². The van der Waals surface area contributed by atoms with E-state index >= 15 is 0 Å². The van der Waals surface area contributed by atoms with E-state index in [1.165, 1.54) is 128 Å². The maximum Gasteiger partial charge on any atom is 0.305 e. The second kappa shape index (κ2) is 39.5. The molecule has 0 aromatic carbocycles. The lowest BCUT2D eigenvalue weighted by Crippen LogP contribution is -2.35. The molecule has 8 heteroatoms. The highest BCUT2D eigenvalue weighted by atomic mass is 16.5. The smallest absolute Gasteiger partial charge is 0.305 e. The predicted molar refractivity (Wildman–Crippen MR) is 239 cm³/mol. The Balaban J connectivity index is 2.32. The Hall–Kier alpha value is -1.93. The molecule has 8 nitrogen and oxygen atoms in total. The van der Waals surface area contributed by atoms with E-state index in [0.717, 1.165) is 71.0 Å². The van der Waals surface area contributed by atoms with E-state index in [9.17, 15) is 14.7 Å². The number of hydrogen-bond donors (Lipinski definition) is 1. The van der Waals surface area contributed by atoms with Crippen LogP contribution in [0.2, 0.25) is 0 Å². The molecule has 0 spiro atoms.